The maximum atomic E-state index is 11.0. The molecule has 3 N–H and O–H groups in total. The lowest BCUT2D eigenvalue weighted by Gasteiger charge is -2.50. The van der Waals surface area contributed by atoms with Crippen LogP contribution in [0.15, 0.2) is 0 Å². The van der Waals surface area contributed by atoms with Gasteiger partial charge in [-0.25, -0.2) is 0 Å². The number of aliphatic hydroxyl groups is 1. The van der Waals surface area contributed by atoms with Crippen molar-refractivity contribution in [3.05, 3.63) is 0 Å². The summed E-state index contributed by atoms with van der Waals surface area (Å²) in [6.07, 6.45) is 8.74. The van der Waals surface area contributed by atoms with E-state index < -0.39 is 5.60 Å². The van der Waals surface area contributed by atoms with Gasteiger partial charge < -0.3 is 15.7 Å². The van der Waals surface area contributed by atoms with Crippen LogP contribution in [0, 0.1) is 0 Å². The molecule has 3 aliphatic rings. The van der Waals surface area contributed by atoms with E-state index in [2.05, 4.69) is 11.9 Å². The summed E-state index contributed by atoms with van der Waals surface area (Å²) in [7, 11) is 2.21. The molecule has 2 aliphatic heterocycles. The molecule has 2 heterocycles. The Morgan fingerprint density at radius 3 is 2.12 bits per heavy atom. The van der Waals surface area contributed by atoms with Crippen LogP contribution in [0.1, 0.15) is 51.4 Å². The Morgan fingerprint density at radius 1 is 1.12 bits per heavy atom. The zero-order chi connectivity index (χ0) is 11.4. The Morgan fingerprint density at radius 2 is 1.62 bits per heavy atom. The lowest BCUT2D eigenvalue weighted by Crippen LogP contribution is -2.64. The van der Waals surface area contributed by atoms with Crippen LogP contribution in [0.25, 0.3) is 0 Å². The van der Waals surface area contributed by atoms with E-state index in [9.17, 15) is 5.11 Å². The standard InChI is InChI=1S/C13H24N2O/c1-15-10-4-5-11(15)9-13(16,8-10)12(14)6-2-3-7-12/h10-11,16H,2-9,14H2,1H3. The van der Waals surface area contributed by atoms with E-state index in [4.69, 9.17) is 5.73 Å². The molecule has 3 rings (SSSR count). The van der Waals surface area contributed by atoms with Crippen molar-refractivity contribution in [1.82, 2.24) is 4.90 Å². The summed E-state index contributed by atoms with van der Waals surface area (Å²) in [5, 5.41) is 11.0. The second-order valence-electron chi connectivity index (χ2n) is 6.35. The summed E-state index contributed by atoms with van der Waals surface area (Å²) in [6.45, 7) is 0. The molecule has 2 atom stereocenters. The SMILES string of the molecule is CN1C2CCC1CC(O)(C1(N)CCCC1)C2. The third-order valence-electron chi connectivity index (χ3n) is 5.55. The average Bonchev–Trinajstić information content (AvgIpc) is 2.74. The van der Waals surface area contributed by atoms with Crippen molar-refractivity contribution in [2.45, 2.75) is 74.6 Å². The molecule has 16 heavy (non-hydrogen) atoms. The Balaban J connectivity index is 1.84. The van der Waals surface area contributed by atoms with E-state index in [0.717, 1.165) is 25.7 Å². The van der Waals surface area contributed by atoms with E-state index in [1.165, 1.54) is 25.7 Å². The zero-order valence-corrected chi connectivity index (χ0v) is 10.3. The number of nitrogens with two attached hydrogens (primary N) is 1. The number of hydrogen-bond donors (Lipinski definition) is 2. The molecule has 0 amide bonds. The van der Waals surface area contributed by atoms with Crippen LogP contribution >= 0.6 is 0 Å². The van der Waals surface area contributed by atoms with Crippen LogP contribution in [-0.2, 0) is 0 Å². The fourth-order valence-corrected chi connectivity index (χ4v) is 4.32. The molecule has 1 saturated carbocycles. The lowest BCUT2D eigenvalue weighted by molar-refractivity contribution is -0.0963. The summed E-state index contributed by atoms with van der Waals surface area (Å²) < 4.78 is 0. The minimum absolute atomic E-state index is 0.283. The largest absolute Gasteiger partial charge is 0.388 e. The third kappa shape index (κ3) is 1.38. The molecule has 2 unspecified atom stereocenters. The molecule has 0 aromatic heterocycles. The van der Waals surface area contributed by atoms with Crippen LogP contribution in [0.2, 0.25) is 0 Å². The molecule has 3 heteroatoms. The van der Waals surface area contributed by atoms with Crippen molar-refractivity contribution >= 4 is 0 Å². The van der Waals surface area contributed by atoms with Gasteiger partial charge in [-0.15, -0.1) is 0 Å². The first-order valence-corrected chi connectivity index (χ1v) is 6.77. The van der Waals surface area contributed by atoms with Crippen LogP contribution in [0.5, 0.6) is 0 Å². The highest BCUT2D eigenvalue weighted by atomic mass is 16.3. The number of fused-ring (bicyclic) bond motifs is 2. The van der Waals surface area contributed by atoms with Gasteiger partial charge in [-0.3, -0.25) is 0 Å². The van der Waals surface area contributed by atoms with E-state index in [0.29, 0.717) is 12.1 Å². The highest BCUT2D eigenvalue weighted by Crippen LogP contribution is 2.48. The zero-order valence-electron chi connectivity index (χ0n) is 10.3. The van der Waals surface area contributed by atoms with Gasteiger partial charge in [-0.2, -0.15) is 0 Å². The van der Waals surface area contributed by atoms with Gasteiger partial charge >= 0.3 is 0 Å². The average molecular weight is 224 g/mol. The fraction of sp³-hybridized carbons (Fsp3) is 1.00. The minimum atomic E-state index is -0.582. The van der Waals surface area contributed by atoms with Crippen molar-refractivity contribution in [2.24, 2.45) is 5.73 Å². The second-order valence-corrected chi connectivity index (χ2v) is 6.35. The van der Waals surface area contributed by atoms with Crippen LogP contribution in [0.3, 0.4) is 0 Å². The first kappa shape index (κ1) is 11.0. The summed E-state index contributed by atoms with van der Waals surface area (Å²) in [5.41, 5.74) is 5.63. The van der Waals surface area contributed by atoms with Gasteiger partial charge in [0.1, 0.15) is 0 Å². The lowest BCUT2D eigenvalue weighted by atomic mass is 9.70. The van der Waals surface area contributed by atoms with Gasteiger partial charge in [0.2, 0.25) is 0 Å². The van der Waals surface area contributed by atoms with Crippen LogP contribution in [0.4, 0.5) is 0 Å². The molecule has 0 aromatic carbocycles. The Bertz CT molecular complexity index is 272. The first-order valence-electron chi connectivity index (χ1n) is 6.77. The van der Waals surface area contributed by atoms with Crippen LogP contribution in [-0.4, -0.2) is 40.3 Å². The summed E-state index contributed by atoms with van der Waals surface area (Å²) in [4.78, 5) is 2.47. The highest BCUT2D eigenvalue weighted by molar-refractivity contribution is 5.13. The van der Waals surface area contributed by atoms with Gasteiger partial charge in [0.05, 0.1) is 5.60 Å². The van der Waals surface area contributed by atoms with Gasteiger partial charge in [0.15, 0.2) is 0 Å². The summed E-state index contributed by atoms with van der Waals surface area (Å²) in [6, 6.07) is 1.15. The predicted octanol–water partition coefficient (Wildman–Crippen LogP) is 1.25. The molecule has 2 saturated heterocycles. The topological polar surface area (TPSA) is 49.5 Å². The van der Waals surface area contributed by atoms with Crippen molar-refractivity contribution in [3.8, 4) is 0 Å². The number of hydrogen-bond acceptors (Lipinski definition) is 3. The Kier molecular flexibility index (Phi) is 2.36. The molecule has 3 nitrogen and oxygen atoms in total. The van der Waals surface area contributed by atoms with Crippen molar-refractivity contribution in [3.63, 3.8) is 0 Å². The smallest absolute Gasteiger partial charge is 0.0856 e. The summed E-state index contributed by atoms with van der Waals surface area (Å²) >= 11 is 0. The van der Waals surface area contributed by atoms with Gasteiger partial charge in [-0.05, 0) is 45.6 Å². The first-order chi connectivity index (χ1) is 7.54. The quantitative estimate of drug-likeness (QED) is 0.704. The van der Waals surface area contributed by atoms with E-state index >= 15 is 0 Å². The van der Waals surface area contributed by atoms with Crippen molar-refractivity contribution in [2.75, 3.05) is 7.05 Å². The number of piperidine rings is 1. The van der Waals surface area contributed by atoms with E-state index in [1.54, 1.807) is 0 Å². The molecule has 0 aromatic rings. The monoisotopic (exact) mass is 224 g/mol. The van der Waals surface area contributed by atoms with Crippen molar-refractivity contribution in [1.29, 1.82) is 0 Å². The maximum absolute atomic E-state index is 11.0. The number of rotatable bonds is 1. The predicted molar refractivity (Wildman–Crippen MR) is 64.1 cm³/mol. The number of nitrogens with zero attached hydrogens (tertiary/aromatic N) is 1. The van der Waals surface area contributed by atoms with Crippen LogP contribution < -0.4 is 5.73 Å². The van der Waals surface area contributed by atoms with Gasteiger partial charge in [0.25, 0.3) is 0 Å². The second kappa shape index (κ2) is 3.44. The van der Waals surface area contributed by atoms with Crippen molar-refractivity contribution < 1.29 is 5.11 Å². The van der Waals surface area contributed by atoms with Gasteiger partial charge in [0, 0.05) is 17.6 Å². The molecular formula is C13H24N2O. The molecule has 0 radical (unpaired) electrons. The van der Waals surface area contributed by atoms with E-state index in [-0.39, 0.29) is 5.54 Å². The molecular weight excluding hydrogens is 200 g/mol. The highest BCUT2D eigenvalue weighted by Gasteiger charge is 2.55. The molecule has 3 fully saturated rings. The molecule has 1 aliphatic carbocycles. The third-order valence-corrected chi connectivity index (χ3v) is 5.55. The maximum Gasteiger partial charge on any atom is 0.0856 e. The Hall–Kier alpha value is -0.120. The Labute approximate surface area is 98.0 Å². The molecule has 92 valence electrons. The van der Waals surface area contributed by atoms with Gasteiger partial charge in [-0.1, -0.05) is 12.8 Å². The molecule has 0 spiro atoms. The van der Waals surface area contributed by atoms with E-state index in [1.807, 2.05) is 0 Å². The minimum Gasteiger partial charge on any atom is -0.388 e. The normalized spacial score (nSPS) is 47.4. The molecule has 2 bridgehead atoms. The summed E-state index contributed by atoms with van der Waals surface area (Å²) in [5.74, 6) is 0. The fourth-order valence-electron chi connectivity index (χ4n) is 4.32.